The molecule has 2 aromatic rings. The van der Waals surface area contributed by atoms with E-state index in [1.54, 1.807) is 17.8 Å². The summed E-state index contributed by atoms with van der Waals surface area (Å²) in [5, 5.41) is 5.68. The van der Waals surface area contributed by atoms with Crippen LogP contribution in [0.25, 0.3) is 0 Å². The van der Waals surface area contributed by atoms with E-state index in [-0.39, 0.29) is 18.1 Å². The smallest absolute Gasteiger partial charge is 0.270 e. The van der Waals surface area contributed by atoms with Crippen LogP contribution in [-0.2, 0) is 4.79 Å². The Hall–Kier alpha value is -2.05. The van der Waals surface area contributed by atoms with Gasteiger partial charge in [0.05, 0.1) is 6.54 Å². The van der Waals surface area contributed by atoms with Gasteiger partial charge in [0.25, 0.3) is 5.91 Å². The number of thioether (sulfide) groups is 1. The third-order valence-corrected chi connectivity index (χ3v) is 4.05. The van der Waals surface area contributed by atoms with Gasteiger partial charge in [0, 0.05) is 28.4 Å². The second-order valence-electron chi connectivity index (χ2n) is 4.55. The molecule has 0 saturated heterocycles. The monoisotopic (exact) mass is 349 g/mol. The van der Waals surface area contributed by atoms with Gasteiger partial charge in [-0.25, -0.2) is 0 Å². The second-order valence-corrected chi connectivity index (χ2v) is 6.16. The Balaban J connectivity index is 1.64. The predicted molar refractivity (Wildman–Crippen MR) is 91.8 cm³/mol. The average Bonchev–Trinajstić information content (AvgIpc) is 2.57. The maximum atomic E-state index is 11.8. The fraction of sp³-hybridized carbons (Fsp3) is 0.188. The summed E-state index contributed by atoms with van der Waals surface area (Å²) in [6, 6.07) is 13.0. The molecule has 0 unspecified atom stereocenters. The minimum Gasteiger partial charge on any atom is -0.354 e. The summed E-state index contributed by atoms with van der Waals surface area (Å²) in [6.45, 7) is 0.437. The first-order valence-corrected chi connectivity index (χ1v) is 8.36. The van der Waals surface area contributed by atoms with Crippen LogP contribution in [0, 0.1) is 0 Å². The van der Waals surface area contributed by atoms with Gasteiger partial charge >= 0.3 is 0 Å². The molecule has 0 aliphatic heterocycles. The number of pyridine rings is 1. The highest BCUT2D eigenvalue weighted by Gasteiger charge is 2.09. The molecule has 2 amide bonds. The molecule has 0 fully saturated rings. The van der Waals surface area contributed by atoms with E-state index in [1.807, 2.05) is 30.3 Å². The van der Waals surface area contributed by atoms with Crippen LogP contribution in [0.5, 0.6) is 0 Å². The summed E-state index contributed by atoms with van der Waals surface area (Å²) in [4.78, 5) is 28.5. The van der Waals surface area contributed by atoms with Gasteiger partial charge in [0.2, 0.25) is 5.91 Å². The number of nitrogens with one attached hydrogen (secondary N) is 2. The fourth-order valence-corrected chi connectivity index (χ4v) is 2.67. The van der Waals surface area contributed by atoms with Crippen LogP contribution in [-0.4, -0.2) is 35.6 Å². The quantitative estimate of drug-likeness (QED) is 0.594. The SMILES string of the molecule is O=C(CNC(=O)c1cc(Cl)ccn1)NCCSc1ccccc1. The molecule has 0 aliphatic rings. The highest BCUT2D eigenvalue weighted by atomic mass is 35.5. The molecule has 0 saturated carbocycles. The molecular weight excluding hydrogens is 334 g/mol. The minimum atomic E-state index is -0.429. The Bertz CT molecular complexity index is 667. The van der Waals surface area contributed by atoms with Crippen LogP contribution in [0.4, 0.5) is 0 Å². The highest BCUT2D eigenvalue weighted by Crippen LogP contribution is 2.15. The Labute approximate surface area is 143 Å². The van der Waals surface area contributed by atoms with Gasteiger partial charge < -0.3 is 10.6 Å². The van der Waals surface area contributed by atoms with Crippen LogP contribution in [0.2, 0.25) is 5.02 Å². The number of rotatable bonds is 7. The molecule has 0 bridgehead atoms. The molecule has 5 nitrogen and oxygen atoms in total. The number of benzene rings is 1. The van der Waals surface area contributed by atoms with E-state index >= 15 is 0 Å². The number of amides is 2. The normalized spacial score (nSPS) is 10.1. The van der Waals surface area contributed by atoms with E-state index in [0.29, 0.717) is 11.6 Å². The lowest BCUT2D eigenvalue weighted by molar-refractivity contribution is -0.120. The summed E-state index contributed by atoms with van der Waals surface area (Å²) < 4.78 is 0. The molecule has 7 heteroatoms. The van der Waals surface area contributed by atoms with E-state index in [4.69, 9.17) is 11.6 Å². The first-order valence-electron chi connectivity index (χ1n) is 6.99. The third-order valence-electron chi connectivity index (χ3n) is 2.80. The number of carbonyl (C=O) groups is 2. The van der Waals surface area contributed by atoms with Crippen molar-refractivity contribution >= 4 is 35.2 Å². The highest BCUT2D eigenvalue weighted by molar-refractivity contribution is 7.99. The number of nitrogens with zero attached hydrogens (tertiary/aromatic N) is 1. The van der Waals surface area contributed by atoms with Crippen molar-refractivity contribution in [3.63, 3.8) is 0 Å². The van der Waals surface area contributed by atoms with Gasteiger partial charge in [-0.1, -0.05) is 29.8 Å². The maximum Gasteiger partial charge on any atom is 0.270 e. The van der Waals surface area contributed by atoms with E-state index in [9.17, 15) is 9.59 Å². The molecule has 2 rings (SSSR count). The molecule has 23 heavy (non-hydrogen) atoms. The van der Waals surface area contributed by atoms with Crippen LogP contribution >= 0.6 is 23.4 Å². The standard InChI is InChI=1S/C16H16ClN3O2S/c17-12-6-7-18-14(10-12)16(22)20-11-15(21)19-8-9-23-13-4-2-1-3-5-13/h1-7,10H,8-9,11H2,(H,19,21)(H,20,22). The van der Waals surface area contributed by atoms with Crippen molar-refractivity contribution in [2.75, 3.05) is 18.8 Å². The first-order chi connectivity index (χ1) is 11.1. The maximum absolute atomic E-state index is 11.8. The molecule has 1 heterocycles. The van der Waals surface area contributed by atoms with Crippen molar-refractivity contribution in [2.24, 2.45) is 0 Å². The van der Waals surface area contributed by atoms with Crippen molar-refractivity contribution in [1.82, 2.24) is 15.6 Å². The zero-order valence-corrected chi connectivity index (χ0v) is 13.9. The summed E-state index contributed by atoms with van der Waals surface area (Å²) >= 11 is 7.44. The van der Waals surface area contributed by atoms with Gasteiger partial charge in [-0.05, 0) is 24.3 Å². The Morgan fingerprint density at radius 3 is 2.65 bits per heavy atom. The average molecular weight is 350 g/mol. The second kappa shape index (κ2) is 9.17. The van der Waals surface area contributed by atoms with Crippen molar-refractivity contribution < 1.29 is 9.59 Å². The molecule has 2 N–H and O–H groups in total. The van der Waals surface area contributed by atoms with Crippen molar-refractivity contribution in [1.29, 1.82) is 0 Å². The topological polar surface area (TPSA) is 71.1 Å². The molecule has 1 aromatic carbocycles. The number of hydrogen-bond donors (Lipinski definition) is 2. The third kappa shape index (κ3) is 6.30. The van der Waals surface area contributed by atoms with Crippen LogP contribution < -0.4 is 10.6 Å². The number of halogens is 1. The molecule has 0 atom stereocenters. The molecule has 1 aromatic heterocycles. The lowest BCUT2D eigenvalue weighted by atomic mass is 10.3. The zero-order valence-electron chi connectivity index (χ0n) is 12.3. The van der Waals surface area contributed by atoms with Gasteiger partial charge in [0.15, 0.2) is 0 Å². The van der Waals surface area contributed by atoms with E-state index in [1.165, 1.54) is 12.3 Å². The van der Waals surface area contributed by atoms with Crippen LogP contribution in [0.3, 0.4) is 0 Å². The van der Waals surface area contributed by atoms with Gasteiger partial charge in [-0.3, -0.25) is 14.6 Å². The largest absolute Gasteiger partial charge is 0.354 e. The molecule has 0 radical (unpaired) electrons. The Kier molecular flexibility index (Phi) is 6.90. The van der Waals surface area contributed by atoms with Gasteiger partial charge in [-0.15, -0.1) is 11.8 Å². The van der Waals surface area contributed by atoms with Crippen LogP contribution in [0.1, 0.15) is 10.5 Å². The summed E-state index contributed by atoms with van der Waals surface area (Å²) in [5.74, 6) is 0.0925. The van der Waals surface area contributed by atoms with E-state index in [0.717, 1.165) is 10.6 Å². The Morgan fingerprint density at radius 1 is 1.13 bits per heavy atom. The Morgan fingerprint density at radius 2 is 1.91 bits per heavy atom. The lowest BCUT2D eigenvalue weighted by Crippen LogP contribution is -2.38. The molecule has 0 spiro atoms. The molecule has 0 aliphatic carbocycles. The van der Waals surface area contributed by atoms with E-state index in [2.05, 4.69) is 15.6 Å². The fourth-order valence-electron chi connectivity index (χ4n) is 1.72. The number of hydrogen-bond acceptors (Lipinski definition) is 4. The summed E-state index contributed by atoms with van der Waals surface area (Å²) in [5.41, 5.74) is 0.185. The van der Waals surface area contributed by atoms with Crippen molar-refractivity contribution in [2.45, 2.75) is 4.90 Å². The predicted octanol–water partition coefficient (Wildman–Crippen LogP) is 2.37. The summed E-state index contributed by atoms with van der Waals surface area (Å²) in [7, 11) is 0. The van der Waals surface area contributed by atoms with Crippen LogP contribution in [0.15, 0.2) is 53.6 Å². The number of aromatic nitrogens is 1. The van der Waals surface area contributed by atoms with E-state index < -0.39 is 5.91 Å². The van der Waals surface area contributed by atoms with Crippen molar-refractivity contribution in [3.05, 3.63) is 59.4 Å². The minimum absolute atomic E-state index is 0.0942. The number of carbonyl (C=O) groups excluding carboxylic acids is 2. The first kappa shape index (κ1) is 17.3. The lowest BCUT2D eigenvalue weighted by Gasteiger charge is -2.07. The zero-order chi connectivity index (χ0) is 16.5. The summed E-state index contributed by atoms with van der Waals surface area (Å²) in [6.07, 6.45) is 1.44. The van der Waals surface area contributed by atoms with Crippen molar-refractivity contribution in [3.8, 4) is 0 Å². The molecule has 120 valence electrons. The van der Waals surface area contributed by atoms with Gasteiger partial charge in [-0.2, -0.15) is 0 Å². The van der Waals surface area contributed by atoms with Gasteiger partial charge in [0.1, 0.15) is 5.69 Å². The molecular formula is C16H16ClN3O2S.